The highest BCUT2D eigenvalue weighted by Crippen LogP contribution is 2.36. The number of rotatable bonds is 6. The monoisotopic (exact) mass is 388 g/mol. The van der Waals surface area contributed by atoms with Gasteiger partial charge in [-0.15, -0.1) is 0 Å². The molecular formula is C20H25ClN4O2. The molecule has 1 aliphatic carbocycles. The van der Waals surface area contributed by atoms with Gasteiger partial charge in [0, 0.05) is 10.9 Å². The van der Waals surface area contributed by atoms with Gasteiger partial charge in [-0.05, 0) is 36.5 Å². The van der Waals surface area contributed by atoms with Gasteiger partial charge in [0.05, 0.1) is 29.9 Å². The number of nitrogens with zero attached hydrogens (tertiary/aromatic N) is 1. The van der Waals surface area contributed by atoms with E-state index in [1.165, 1.54) is 0 Å². The highest BCUT2D eigenvalue weighted by atomic mass is 35.5. The first-order valence-electron chi connectivity index (χ1n) is 9.32. The van der Waals surface area contributed by atoms with Crippen LogP contribution in [-0.4, -0.2) is 22.0 Å². The minimum absolute atomic E-state index is 0.000209. The van der Waals surface area contributed by atoms with Gasteiger partial charge in [-0.3, -0.25) is 14.7 Å². The van der Waals surface area contributed by atoms with E-state index in [2.05, 4.69) is 22.4 Å². The molecule has 2 amide bonds. The summed E-state index contributed by atoms with van der Waals surface area (Å²) in [7, 11) is 0. The lowest BCUT2D eigenvalue weighted by atomic mass is 9.80. The Morgan fingerprint density at radius 1 is 1.33 bits per heavy atom. The first-order valence-corrected chi connectivity index (χ1v) is 9.69. The molecule has 1 atom stereocenters. The summed E-state index contributed by atoms with van der Waals surface area (Å²) in [6.07, 6.45) is 5.95. The molecule has 27 heavy (non-hydrogen) atoms. The number of aromatic amines is 1. The Kier molecular flexibility index (Phi) is 6.16. The van der Waals surface area contributed by atoms with Gasteiger partial charge in [-0.25, -0.2) is 0 Å². The minimum atomic E-state index is -0.539. The molecule has 0 unspecified atom stereocenters. The summed E-state index contributed by atoms with van der Waals surface area (Å²) in [5.41, 5.74) is 7.53. The van der Waals surface area contributed by atoms with Crippen LogP contribution in [0, 0.1) is 5.92 Å². The van der Waals surface area contributed by atoms with Crippen LogP contribution in [0.15, 0.2) is 30.5 Å². The van der Waals surface area contributed by atoms with Crippen LogP contribution in [-0.2, 0) is 4.79 Å². The number of nitrogens with two attached hydrogens (primary N) is 1. The Labute approximate surface area is 163 Å². The zero-order valence-corrected chi connectivity index (χ0v) is 16.1. The lowest BCUT2D eigenvalue weighted by molar-refractivity contribution is -0.118. The van der Waals surface area contributed by atoms with Crippen molar-refractivity contribution in [1.82, 2.24) is 15.5 Å². The zero-order valence-electron chi connectivity index (χ0n) is 15.4. The van der Waals surface area contributed by atoms with Gasteiger partial charge in [0.2, 0.25) is 5.91 Å². The summed E-state index contributed by atoms with van der Waals surface area (Å²) in [4.78, 5) is 24.4. The zero-order chi connectivity index (χ0) is 19.4. The molecule has 6 nitrogen and oxygen atoms in total. The van der Waals surface area contributed by atoms with Crippen molar-refractivity contribution < 1.29 is 9.59 Å². The second-order valence-electron chi connectivity index (χ2n) is 7.41. The van der Waals surface area contributed by atoms with Crippen LogP contribution in [0.25, 0.3) is 0 Å². The molecule has 3 rings (SSSR count). The van der Waals surface area contributed by atoms with E-state index in [-0.39, 0.29) is 12.3 Å². The molecule has 0 radical (unpaired) electrons. The van der Waals surface area contributed by atoms with E-state index in [0.717, 1.165) is 42.9 Å². The molecule has 1 saturated carbocycles. The molecule has 1 aliphatic rings. The molecule has 1 heterocycles. The standard InChI is InChI=1S/C20H25ClN4O2/c1-12-5-7-13(8-6-12)19-16(11-23-25-19)20(27)24-17(10-18(22)26)14-3-2-4-15(21)9-14/h2-4,9,11-13,17H,5-8,10H2,1H3,(H2,22,26)(H,23,25)(H,24,27)/t12?,13?,17-/m0/s1. The summed E-state index contributed by atoms with van der Waals surface area (Å²) in [6.45, 7) is 2.26. The van der Waals surface area contributed by atoms with E-state index >= 15 is 0 Å². The number of hydrogen-bond acceptors (Lipinski definition) is 3. The van der Waals surface area contributed by atoms with Gasteiger partial charge in [-0.2, -0.15) is 5.10 Å². The maximum absolute atomic E-state index is 12.9. The predicted octanol–water partition coefficient (Wildman–Crippen LogP) is 3.70. The van der Waals surface area contributed by atoms with Crippen LogP contribution in [0.3, 0.4) is 0 Å². The fraction of sp³-hybridized carbons (Fsp3) is 0.450. The van der Waals surface area contributed by atoms with Gasteiger partial charge in [0.25, 0.3) is 5.91 Å². The Morgan fingerprint density at radius 2 is 2.07 bits per heavy atom. The SMILES string of the molecule is CC1CCC(c2[nH]ncc2C(=O)N[C@@H](CC(N)=O)c2cccc(Cl)c2)CC1. The van der Waals surface area contributed by atoms with E-state index in [0.29, 0.717) is 16.5 Å². The maximum atomic E-state index is 12.9. The second-order valence-corrected chi connectivity index (χ2v) is 7.84. The van der Waals surface area contributed by atoms with E-state index in [1.807, 2.05) is 6.07 Å². The molecule has 2 aromatic rings. The number of hydrogen-bond donors (Lipinski definition) is 3. The second kappa shape index (κ2) is 8.57. The average Bonchev–Trinajstić information content (AvgIpc) is 3.11. The number of halogens is 1. The van der Waals surface area contributed by atoms with Gasteiger partial charge in [-0.1, -0.05) is 43.5 Å². The number of amides is 2. The summed E-state index contributed by atoms with van der Waals surface area (Å²) < 4.78 is 0. The largest absolute Gasteiger partial charge is 0.370 e. The Hall–Kier alpha value is -2.34. The molecule has 4 N–H and O–H groups in total. The van der Waals surface area contributed by atoms with E-state index in [9.17, 15) is 9.59 Å². The molecule has 0 aliphatic heterocycles. The number of nitrogens with one attached hydrogen (secondary N) is 2. The first-order chi connectivity index (χ1) is 12.9. The summed E-state index contributed by atoms with van der Waals surface area (Å²) in [5.74, 6) is 0.284. The van der Waals surface area contributed by atoms with E-state index in [4.69, 9.17) is 17.3 Å². The number of H-pyrrole nitrogens is 1. The number of benzene rings is 1. The minimum Gasteiger partial charge on any atom is -0.370 e. The van der Waals surface area contributed by atoms with Crippen molar-refractivity contribution in [2.24, 2.45) is 11.7 Å². The molecular weight excluding hydrogens is 364 g/mol. The molecule has 0 bridgehead atoms. The average molecular weight is 389 g/mol. The van der Waals surface area contributed by atoms with Crippen LogP contribution < -0.4 is 11.1 Å². The van der Waals surface area contributed by atoms with Crippen LogP contribution in [0.2, 0.25) is 5.02 Å². The summed E-state index contributed by atoms with van der Waals surface area (Å²) in [5, 5.41) is 10.6. The van der Waals surface area contributed by atoms with Crippen molar-refractivity contribution in [3.8, 4) is 0 Å². The van der Waals surface area contributed by atoms with Crippen LogP contribution in [0.4, 0.5) is 0 Å². The van der Waals surface area contributed by atoms with Crippen LogP contribution >= 0.6 is 11.6 Å². The third kappa shape index (κ3) is 4.89. The van der Waals surface area contributed by atoms with Gasteiger partial charge >= 0.3 is 0 Å². The summed E-state index contributed by atoms with van der Waals surface area (Å²) in [6, 6.07) is 6.53. The van der Waals surface area contributed by atoms with Gasteiger partial charge in [0.1, 0.15) is 0 Å². The molecule has 7 heteroatoms. The van der Waals surface area contributed by atoms with Crippen molar-refractivity contribution in [3.63, 3.8) is 0 Å². The van der Waals surface area contributed by atoms with Crippen LogP contribution in [0.1, 0.15) is 72.6 Å². The van der Waals surface area contributed by atoms with Crippen LogP contribution in [0.5, 0.6) is 0 Å². The molecule has 0 saturated heterocycles. The Balaban J connectivity index is 1.78. The van der Waals surface area contributed by atoms with Gasteiger partial charge in [0.15, 0.2) is 0 Å². The first kappa shape index (κ1) is 19.4. The lowest BCUT2D eigenvalue weighted by Crippen LogP contribution is -2.32. The van der Waals surface area contributed by atoms with Crippen molar-refractivity contribution in [2.75, 3.05) is 0 Å². The van der Waals surface area contributed by atoms with Crippen molar-refractivity contribution in [1.29, 1.82) is 0 Å². The smallest absolute Gasteiger partial charge is 0.255 e. The third-order valence-corrected chi connectivity index (χ3v) is 5.53. The highest BCUT2D eigenvalue weighted by molar-refractivity contribution is 6.30. The van der Waals surface area contributed by atoms with Crippen molar-refractivity contribution in [3.05, 3.63) is 52.3 Å². The molecule has 1 fully saturated rings. The highest BCUT2D eigenvalue weighted by Gasteiger charge is 2.27. The normalized spacial score (nSPS) is 20.8. The quantitative estimate of drug-likeness (QED) is 0.703. The topological polar surface area (TPSA) is 101 Å². The van der Waals surface area contributed by atoms with E-state index < -0.39 is 11.9 Å². The number of primary amides is 1. The lowest BCUT2D eigenvalue weighted by Gasteiger charge is -2.26. The number of aromatic nitrogens is 2. The summed E-state index contributed by atoms with van der Waals surface area (Å²) >= 11 is 6.06. The van der Waals surface area contributed by atoms with E-state index in [1.54, 1.807) is 24.4 Å². The van der Waals surface area contributed by atoms with Crippen molar-refractivity contribution in [2.45, 2.75) is 51.0 Å². The van der Waals surface area contributed by atoms with Crippen molar-refractivity contribution >= 4 is 23.4 Å². The molecule has 144 valence electrons. The molecule has 0 spiro atoms. The fourth-order valence-corrected chi connectivity index (χ4v) is 3.95. The number of carbonyl (C=O) groups is 2. The maximum Gasteiger partial charge on any atom is 0.255 e. The number of carbonyl (C=O) groups excluding carboxylic acids is 2. The molecule has 1 aromatic heterocycles. The molecule has 1 aromatic carbocycles. The Morgan fingerprint density at radius 3 is 2.74 bits per heavy atom. The Bertz CT molecular complexity index is 812. The predicted molar refractivity (Wildman–Crippen MR) is 104 cm³/mol. The third-order valence-electron chi connectivity index (χ3n) is 5.30. The van der Waals surface area contributed by atoms with Gasteiger partial charge < -0.3 is 11.1 Å². The fourth-order valence-electron chi connectivity index (χ4n) is 3.75.